The molecule has 40 heavy (non-hydrogen) atoms. The summed E-state index contributed by atoms with van der Waals surface area (Å²) in [7, 11) is 3.02. The van der Waals surface area contributed by atoms with E-state index < -0.39 is 36.6 Å². The fourth-order valence-electron chi connectivity index (χ4n) is 5.30. The fourth-order valence-corrected chi connectivity index (χ4v) is 5.30. The van der Waals surface area contributed by atoms with Crippen LogP contribution in [-0.2, 0) is 9.47 Å². The Balaban J connectivity index is 1.55. The Labute approximate surface area is 233 Å². The minimum atomic E-state index is -1.10. The van der Waals surface area contributed by atoms with E-state index in [2.05, 4.69) is 10.6 Å². The van der Waals surface area contributed by atoms with Gasteiger partial charge in [0.1, 0.15) is 11.9 Å². The predicted molar refractivity (Wildman–Crippen MR) is 145 cm³/mol. The predicted octanol–water partition coefficient (Wildman–Crippen LogP) is 0.827. The SMILES string of the molecule is CNC(=O)c1cc(C(=O)NC)cc(-c2cccc(O[C@H]3OC(CO)CC(C[C@H]4OC(CO)CCC4O)C3O)c2)c1. The van der Waals surface area contributed by atoms with Crippen molar-refractivity contribution in [2.75, 3.05) is 27.3 Å². The van der Waals surface area contributed by atoms with Crippen LogP contribution in [0.2, 0.25) is 0 Å². The number of hydrogen-bond acceptors (Lipinski definition) is 9. The van der Waals surface area contributed by atoms with Crippen molar-refractivity contribution in [2.24, 2.45) is 5.92 Å². The molecule has 2 heterocycles. The van der Waals surface area contributed by atoms with Gasteiger partial charge in [-0.15, -0.1) is 0 Å². The molecule has 2 aromatic rings. The van der Waals surface area contributed by atoms with E-state index in [1.807, 2.05) is 0 Å². The number of aliphatic hydroxyl groups excluding tert-OH is 4. The maximum atomic E-state index is 12.3. The molecular formula is C29H38N2O9. The first-order chi connectivity index (χ1) is 19.3. The van der Waals surface area contributed by atoms with E-state index in [-0.39, 0.29) is 31.1 Å². The molecule has 0 aromatic heterocycles. The molecule has 0 spiro atoms. The second-order valence-electron chi connectivity index (χ2n) is 10.3. The van der Waals surface area contributed by atoms with Crippen molar-refractivity contribution in [1.82, 2.24) is 10.6 Å². The van der Waals surface area contributed by atoms with Crippen LogP contribution in [-0.4, -0.2) is 96.4 Å². The summed E-state index contributed by atoms with van der Waals surface area (Å²) in [6.07, 6.45) is -2.69. The van der Waals surface area contributed by atoms with Gasteiger partial charge in [0.25, 0.3) is 11.8 Å². The van der Waals surface area contributed by atoms with Crippen LogP contribution < -0.4 is 15.4 Å². The molecule has 11 nitrogen and oxygen atoms in total. The zero-order chi connectivity index (χ0) is 28.8. The Hall–Kier alpha value is -3.06. The molecule has 11 heteroatoms. The summed E-state index contributed by atoms with van der Waals surface area (Å²) in [6, 6.07) is 11.8. The summed E-state index contributed by atoms with van der Waals surface area (Å²) in [4.78, 5) is 24.7. The third kappa shape index (κ3) is 6.98. The molecule has 2 saturated heterocycles. The first kappa shape index (κ1) is 29.9. The summed E-state index contributed by atoms with van der Waals surface area (Å²) < 4.78 is 17.8. The second-order valence-corrected chi connectivity index (χ2v) is 10.3. The summed E-state index contributed by atoms with van der Waals surface area (Å²) in [6.45, 7) is -0.414. The number of carbonyl (C=O) groups excluding carboxylic acids is 2. The van der Waals surface area contributed by atoms with Crippen molar-refractivity contribution in [2.45, 2.75) is 62.5 Å². The molecule has 2 fully saturated rings. The van der Waals surface area contributed by atoms with Crippen LogP contribution in [0.15, 0.2) is 42.5 Å². The molecule has 0 radical (unpaired) electrons. The minimum absolute atomic E-state index is 0.141. The normalized spacial score (nSPS) is 28.5. The zero-order valence-corrected chi connectivity index (χ0v) is 22.7. The van der Waals surface area contributed by atoms with E-state index in [1.54, 1.807) is 36.4 Å². The highest BCUT2D eigenvalue weighted by atomic mass is 16.7. The highest BCUT2D eigenvalue weighted by Crippen LogP contribution is 2.35. The number of benzene rings is 2. The Morgan fingerprint density at radius 1 is 0.900 bits per heavy atom. The molecule has 218 valence electrons. The van der Waals surface area contributed by atoms with E-state index >= 15 is 0 Å². The number of aliphatic hydroxyl groups is 4. The lowest BCUT2D eigenvalue weighted by atomic mass is 9.84. The van der Waals surface area contributed by atoms with Gasteiger partial charge in [0.15, 0.2) is 0 Å². The molecule has 2 aliphatic heterocycles. The van der Waals surface area contributed by atoms with Crippen molar-refractivity contribution in [1.29, 1.82) is 0 Å². The molecule has 7 atom stereocenters. The largest absolute Gasteiger partial charge is 0.462 e. The van der Waals surface area contributed by atoms with Gasteiger partial charge in [-0.1, -0.05) is 12.1 Å². The number of amides is 2. The van der Waals surface area contributed by atoms with E-state index in [9.17, 15) is 30.0 Å². The number of rotatable bonds is 9. The molecular weight excluding hydrogens is 520 g/mol. The molecule has 6 N–H and O–H groups in total. The lowest BCUT2D eigenvalue weighted by Gasteiger charge is -2.41. The van der Waals surface area contributed by atoms with Crippen molar-refractivity contribution in [3.8, 4) is 16.9 Å². The average molecular weight is 559 g/mol. The van der Waals surface area contributed by atoms with Crippen LogP contribution in [0.4, 0.5) is 0 Å². The standard InChI is InChI=1S/C29H38N2O9/c1-30-27(36)19-8-17(9-20(10-19)28(37)31-2)16-4-3-5-21(11-16)39-29-26(35)18(12-23(15-33)40-29)13-25-24(34)7-6-22(14-32)38-25/h3-5,8-11,18,22-26,29,32-35H,6-7,12-15H2,1-2H3,(H,30,36)(H,31,37)/t18?,22?,23?,24?,25-,26?,29+/m1/s1. The van der Waals surface area contributed by atoms with E-state index in [0.717, 1.165) is 0 Å². The highest BCUT2D eigenvalue weighted by Gasteiger charge is 2.42. The quantitative estimate of drug-likeness (QED) is 0.261. The highest BCUT2D eigenvalue weighted by molar-refractivity contribution is 6.01. The lowest BCUT2D eigenvalue weighted by molar-refractivity contribution is -0.236. The van der Waals surface area contributed by atoms with Gasteiger partial charge in [0.2, 0.25) is 6.29 Å². The number of carbonyl (C=O) groups is 2. The van der Waals surface area contributed by atoms with Gasteiger partial charge in [-0.25, -0.2) is 0 Å². The first-order valence-corrected chi connectivity index (χ1v) is 13.5. The van der Waals surface area contributed by atoms with E-state index in [4.69, 9.17) is 14.2 Å². The maximum absolute atomic E-state index is 12.3. The first-order valence-electron chi connectivity index (χ1n) is 13.5. The topological polar surface area (TPSA) is 167 Å². The number of ether oxygens (including phenoxy) is 3. The molecule has 4 rings (SSSR count). The van der Waals surface area contributed by atoms with Gasteiger partial charge < -0.3 is 45.3 Å². The van der Waals surface area contributed by atoms with Gasteiger partial charge >= 0.3 is 0 Å². The van der Waals surface area contributed by atoms with E-state index in [0.29, 0.717) is 53.7 Å². The smallest absolute Gasteiger partial charge is 0.251 e. The molecule has 2 amide bonds. The van der Waals surface area contributed by atoms with Gasteiger partial charge in [0.05, 0.1) is 37.6 Å². The second kappa shape index (κ2) is 13.5. The zero-order valence-electron chi connectivity index (χ0n) is 22.7. The molecule has 5 unspecified atom stereocenters. The molecule has 0 bridgehead atoms. The monoisotopic (exact) mass is 558 g/mol. The Kier molecular flexibility index (Phi) is 10.1. The molecule has 0 aliphatic carbocycles. The Morgan fingerprint density at radius 3 is 2.20 bits per heavy atom. The molecule has 2 aliphatic rings. The third-order valence-corrected chi connectivity index (χ3v) is 7.51. The summed E-state index contributed by atoms with van der Waals surface area (Å²) in [5.41, 5.74) is 1.92. The van der Waals surface area contributed by atoms with Crippen LogP contribution in [0.5, 0.6) is 5.75 Å². The summed E-state index contributed by atoms with van der Waals surface area (Å²) in [5, 5.41) is 46.1. The Bertz CT molecular complexity index is 1140. The van der Waals surface area contributed by atoms with E-state index in [1.165, 1.54) is 20.2 Å². The average Bonchev–Trinajstić information content (AvgIpc) is 2.99. The minimum Gasteiger partial charge on any atom is -0.462 e. The van der Waals surface area contributed by atoms with Gasteiger partial charge in [0, 0.05) is 25.2 Å². The fraction of sp³-hybridized carbons (Fsp3) is 0.517. The van der Waals surface area contributed by atoms with Gasteiger partial charge in [-0.3, -0.25) is 9.59 Å². The summed E-state index contributed by atoms with van der Waals surface area (Å²) in [5.74, 6) is -0.691. The van der Waals surface area contributed by atoms with Crippen molar-refractivity contribution in [3.63, 3.8) is 0 Å². The van der Waals surface area contributed by atoms with Crippen LogP contribution in [0.1, 0.15) is 46.4 Å². The van der Waals surface area contributed by atoms with Crippen molar-refractivity contribution in [3.05, 3.63) is 53.6 Å². The maximum Gasteiger partial charge on any atom is 0.251 e. The Morgan fingerprint density at radius 2 is 1.57 bits per heavy atom. The third-order valence-electron chi connectivity index (χ3n) is 7.51. The van der Waals surface area contributed by atoms with Gasteiger partial charge in [-0.2, -0.15) is 0 Å². The molecule has 0 saturated carbocycles. The van der Waals surface area contributed by atoms with Crippen LogP contribution in [0.3, 0.4) is 0 Å². The van der Waals surface area contributed by atoms with Crippen molar-refractivity contribution >= 4 is 11.8 Å². The van der Waals surface area contributed by atoms with Gasteiger partial charge in [-0.05, 0) is 73.1 Å². The number of nitrogens with one attached hydrogen (secondary N) is 2. The van der Waals surface area contributed by atoms with Crippen LogP contribution in [0.25, 0.3) is 11.1 Å². The summed E-state index contributed by atoms with van der Waals surface area (Å²) >= 11 is 0. The lowest BCUT2D eigenvalue weighted by Crippen LogP contribution is -2.51. The molecule has 2 aromatic carbocycles. The van der Waals surface area contributed by atoms with Crippen LogP contribution in [0, 0.1) is 5.92 Å². The van der Waals surface area contributed by atoms with Crippen LogP contribution >= 0.6 is 0 Å². The van der Waals surface area contributed by atoms with Crippen molar-refractivity contribution < 1.29 is 44.2 Å². The number of hydrogen-bond donors (Lipinski definition) is 6.